The van der Waals surface area contributed by atoms with Gasteiger partial charge in [-0.1, -0.05) is 0 Å². The van der Waals surface area contributed by atoms with Crippen molar-refractivity contribution in [1.82, 2.24) is 19.5 Å². The fourth-order valence-corrected chi connectivity index (χ4v) is 5.93. The summed E-state index contributed by atoms with van der Waals surface area (Å²) in [6, 6.07) is 6.82. The van der Waals surface area contributed by atoms with Crippen LogP contribution in [0.25, 0.3) is 11.2 Å². The fourth-order valence-electron chi connectivity index (χ4n) is 5.93. The van der Waals surface area contributed by atoms with Gasteiger partial charge in [-0.3, -0.25) is 4.79 Å². The molecule has 2 aliphatic carbocycles. The molecule has 2 aromatic heterocycles. The lowest BCUT2D eigenvalue weighted by Crippen LogP contribution is -2.38. The van der Waals surface area contributed by atoms with Gasteiger partial charge in [0.25, 0.3) is 0 Å². The Hall–Kier alpha value is -3.16. The van der Waals surface area contributed by atoms with E-state index < -0.39 is 17.7 Å². The number of hydrogen-bond donors (Lipinski definition) is 0. The minimum atomic E-state index is -0.638. The first kappa shape index (κ1) is 19.5. The van der Waals surface area contributed by atoms with E-state index >= 15 is 0 Å². The first-order chi connectivity index (χ1) is 15.6. The normalized spacial score (nSPS) is 28.8. The Bertz CT molecular complexity index is 1200. The molecule has 3 heterocycles. The third-order valence-corrected chi connectivity index (χ3v) is 7.51. The second-order valence-corrected chi connectivity index (χ2v) is 9.19. The lowest BCUT2D eigenvalue weighted by atomic mass is 9.70. The molecule has 0 N–H and O–H groups in total. The molecule has 0 saturated heterocycles. The maximum absolute atomic E-state index is 13.8. The summed E-state index contributed by atoms with van der Waals surface area (Å²) in [5, 5.41) is 5.77. The number of carbonyl (C=O) groups is 1. The van der Waals surface area contributed by atoms with Crippen LogP contribution in [0.3, 0.4) is 0 Å². The maximum atomic E-state index is 13.8. The van der Waals surface area contributed by atoms with Crippen LogP contribution in [0.1, 0.15) is 37.3 Å². The number of carbonyl (C=O) groups excluding carboxylic acids is 1. The molecule has 32 heavy (non-hydrogen) atoms. The predicted molar refractivity (Wildman–Crippen MR) is 114 cm³/mol. The molecule has 6 rings (SSSR count). The van der Waals surface area contributed by atoms with E-state index in [2.05, 4.69) is 19.6 Å². The van der Waals surface area contributed by atoms with Crippen LogP contribution in [0.5, 0.6) is 0 Å². The van der Waals surface area contributed by atoms with Gasteiger partial charge in [0.1, 0.15) is 17.2 Å². The summed E-state index contributed by atoms with van der Waals surface area (Å²) < 4.78 is 29.6. The van der Waals surface area contributed by atoms with Crippen molar-refractivity contribution >= 4 is 23.3 Å². The van der Waals surface area contributed by atoms with E-state index in [0.717, 1.165) is 43.0 Å². The average Bonchev–Trinajstić information content (AvgIpc) is 3.44. The lowest BCUT2D eigenvalue weighted by Gasteiger charge is -2.37. The minimum Gasteiger partial charge on any atom is -0.315 e. The summed E-state index contributed by atoms with van der Waals surface area (Å²) in [5.41, 5.74) is 2.19. The van der Waals surface area contributed by atoms with Crippen LogP contribution in [-0.4, -0.2) is 31.7 Å². The first-order valence-corrected chi connectivity index (χ1v) is 11.2. The van der Waals surface area contributed by atoms with Crippen molar-refractivity contribution in [2.24, 2.45) is 28.8 Å². The highest BCUT2D eigenvalue weighted by molar-refractivity contribution is 5.82. The van der Waals surface area contributed by atoms with Crippen molar-refractivity contribution < 1.29 is 13.6 Å². The molecule has 5 atom stereocenters. The summed E-state index contributed by atoms with van der Waals surface area (Å²) in [6.45, 7) is 0.792. The molecule has 0 spiro atoms. The van der Waals surface area contributed by atoms with Crippen molar-refractivity contribution in [1.29, 1.82) is 0 Å². The van der Waals surface area contributed by atoms with Crippen LogP contribution < -0.4 is 0 Å². The molecule has 164 valence electrons. The number of amides is 1. The van der Waals surface area contributed by atoms with Crippen LogP contribution in [0.15, 0.2) is 48.0 Å². The Kier molecular flexibility index (Phi) is 4.55. The van der Waals surface area contributed by atoms with Gasteiger partial charge in [0, 0.05) is 37.4 Å². The van der Waals surface area contributed by atoms with Crippen molar-refractivity contribution in [3.63, 3.8) is 0 Å². The molecule has 6 nitrogen and oxygen atoms in total. The summed E-state index contributed by atoms with van der Waals surface area (Å²) in [7, 11) is 0. The number of imidazole rings is 1. The van der Waals surface area contributed by atoms with Crippen LogP contribution in [-0.2, 0) is 11.3 Å². The van der Waals surface area contributed by atoms with E-state index in [9.17, 15) is 13.6 Å². The van der Waals surface area contributed by atoms with Crippen molar-refractivity contribution in [2.75, 3.05) is 0 Å². The fraction of sp³-hybridized carbons (Fsp3) is 0.417. The number of nitrogens with zero attached hydrogens (tertiary/aromatic N) is 5. The molecule has 8 heteroatoms. The van der Waals surface area contributed by atoms with Crippen LogP contribution >= 0.6 is 0 Å². The Morgan fingerprint density at radius 1 is 1.09 bits per heavy atom. The van der Waals surface area contributed by atoms with Crippen molar-refractivity contribution in [3.05, 3.63) is 60.1 Å². The Morgan fingerprint density at radius 2 is 1.91 bits per heavy atom. The van der Waals surface area contributed by atoms with Gasteiger partial charge in [0.15, 0.2) is 5.65 Å². The van der Waals surface area contributed by atoms with E-state index in [4.69, 9.17) is 0 Å². The number of halogens is 2. The molecular formula is C24H23F2N5O. The lowest BCUT2D eigenvalue weighted by molar-refractivity contribution is -0.139. The molecular weight excluding hydrogens is 412 g/mol. The number of pyridine rings is 1. The highest BCUT2D eigenvalue weighted by atomic mass is 19.1. The topological polar surface area (TPSA) is 63.4 Å². The van der Waals surface area contributed by atoms with Gasteiger partial charge in [-0.15, -0.1) is 0 Å². The number of benzene rings is 1. The molecule has 2 fully saturated rings. The molecule has 0 bridgehead atoms. The summed E-state index contributed by atoms with van der Waals surface area (Å²) in [6.07, 6.45) is 8.69. The molecule has 2 saturated carbocycles. The molecule has 4 unspecified atom stereocenters. The van der Waals surface area contributed by atoms with Crippen LogP contribution in [0.2, 0.25) is 0 Å². The van der Waals surface area contributed by atoms with Gasteiger partial charge in [-0.2, -0.15) is 5.10 Å². The summed E-state index contributed by atoms with van der Waals surface area (Å²) >= 11 is 0. The monoisotopic (exact) mass is 435 g/mol. The van der Waals surface area contributed by atoms with E-state index in [0.29, 0.717) is 29.7 Å². The van der Waals surface area contributed by atoms with Gasteiger partial charge in [-0.05, 0) is 66.8 Å². The Morgan fingerprint density at radius 3 is 2.69 bits per heavy atom. The zero-order valence-electron chi connectivity index (χ0n) is 17.4. The average molecular weight is 435 g/mol. The third-order valence-electron chi connectivity index (χ3n) is 7.51. The molecule has 3 aliphatic rings. The van der Waals surface area contributed by atoms with Crippen LogP contribution in [0.4, 0.5) is 8.78 Å². The molecule has 0 radical (unpaired) electrons. The van der Waals surface area contributed by atoms with Gasteiger partial charge in [0.2, 0.25) is 5.91 Å². The smallest absolute Gasteiger partial charge is 0.246 e. The van der Waals surface area contributed by atoms with E-state index in [1.165, 1.54) is 17.1 Å². The molecule has 3 aromatic rings. The first-order valence-electron chi connectivity index (χ1n) is 11.2. The number of hydrazone groups is 1. The van der Waals surface area contributed by atoms with E-state index in [-0.39, 0.29) is 11.8 Å². The third kappa shape index (κ3) is 3.12. The number of aromatic nitrogens is 3. The summed E-state index contributed by atoms with van der Waals surface area (Å²) in [4.78, 5) is 22.5. The second kappa shape index (κ2) is 7.46. The highest BCUT2D eigenvalue weighted by Gasteiger charge is 2.52. The van der Waals surface area contributed by atoms with Gasteiger partial charge < -0.3 is 4.57 Å². The molecule has 1 aromatic carbocycles. The Balaban J connectivity index is 1.22. The van der Waals surface area contributed by atoms with Gasteiger partial charge in [-0.25, -0.2) is 23.8 Å². The zero-order chi connectivity index (χ0) is 21.8. The van der Waals surface area contributed by atoms with E-state index in [1.54, 1.807) is 12.4 Å². The maximum Gasteiger partial charge on any atom is 0.246 e. The molecule has 1 aliphatic heterocycles. The second-order valence-electron chi connectivity index (χ2n) is 9.19. The van der Waals surface area contributed by atoms with E-state index in [1.807, 2.05) is 18.5 Å². The number of hydrogen-bond acceptors (Lipinski definition) is 4. The van der Waals surface area contributed by atoms with Gasteiger partial charge >= 0.3 is 0 Å². The zero-order valence-corrected chi connectivity index (χ0v) is 17.4. The quantitative estimate of drug-likeness (QED) is 0.613. The molecule has 1 amide bonds. The van der Waals surface area contributed by atoms with Crippen molar-refractivity contribution in [3.8, 4) is 0 Å². The van der Waals surface area contributed by atoms with Crippen molar-refractivity contribution in [2.45, 2.75) is 38.3 Å². The number of rotatable bonds is 4. The Labute approximate surface area is 184 Å². The van der Waals surface area contributed by atoms with Gasteiger partial charge in [0.05, 0.1) is 12.4 Å². The van der Waals surface area contributed by atoms with Crippen LogP contribution in [0, 0.1) is 35.3 Å². The highest BCUT2D eigenvalue weighted by Crippen LogP contribution is 2.55. The number of fused-ring (bicyclic) bond motifs is 2. The minimum absolute atomic E-state index is 0.0285. The standard InChI is InChI=1S/C24H23F2N5O/c25-16-8-14(9-17(26)11-16)22-5-7-29-31(22)24(32)20-10-15(18-3-4-19(18)20)12-30-13-28-21-2-1-6-27-23(21)30/h1-2,6-9,11,13,15,18-20,22H,3-5,10,12H2/t15?,18?,19?,20-,22?/m0/s1. The summed E-state index contributed by atoms with van der Waals surface area (Å²) in [5.74, 6) is -0.200. The SMILES string of the molecule is O=C([C@H]1CC(Cn2cnc3cccnc32)C2CCC21)N1N=CCC1c1cc(F)cc(F)c1. The predicted octanol–water partition coefficient (Wildman–Crippen LogP) is 4.33. The largest absolute Gasteiger partial charge is 0.315 e.